The Bertz CT molecular complexity index is 93.1. The normalized spacial score (nSPS) is 30.3. The van der Waals surface area contributed by atoms with Crippen molar-refractivity contribution in [3.8, 4) is 0 Å². The second-order valence-electron chi connectivity index (χ2n) is 2.83. The maximum atomic E-state index is 5.14. The van der Waals surface area contributed by atoms with Crippen LogP contribution in [0, 0.1) is 0 Å². The molecule has 56 valence electrons. The number of hydrogen-bond donors (Lipinski definition) is 1. The van der Waals surface area contributed by atoms with Crippen LogP contribution in [-0.4, -0.2) is 25.3 Å². The molecular weight excluding hydrogens is 138 g/mol. The first kappa shape index (κ1) is 9.21. The van der Waals surface area contributed by atoms with Gasteiger partial charge in [0, 0.05) is 19.2 Å². The molecule has 1 unspecified atom stereocenters. The van der Waals surface area contributed by atoms with E-state index in [1.807, 2.05) is 0 Å². The second-order valence-corrected chi connectivity index (χ2v) is 2.83. The van der Waals surface area contributed by atoms with E-state index >= 15 is 0 Å². The molecule has 0 aromatic heterocycles. The van der Waals surface area contributed by atoms with E-state index in [2.05, 4.69) is 19.2 Å². The van der Waals surface area contributed by atoms with E-state index in [0.717, 1.165) is 6.54 Å². The van der Waals surface area contributed by atoms with Crippen molar-refractivity contribution in [1.82, 2.24) is 5.32 Å². The van der Waals surface area contributed by atoms with Gasteiger partial charge in [0.15, 0.2) is 0 Å². The van der Waals surface area contributed by atoms with Crippen molar-refractivity contribution in [2.45, 2.75) is 25.5 Å². The van der Waals surface area contributed by atoms with E-state index < -0.39 is 0 Å². The Morgan fingerprint density at radius 3 is 2.11 bits per heavy atom. The van der Waals surface area contributed by atoms with Crippen LogP contribution in [0.1, 0.15) is 13.8 Å². The van der Waals surface area contributed by atoms with Crippen LogP contribution in [-0.2, 0) is 4.74 Å². The average molecular weight is 152 g/mol. The fourth-order valence-corrected chi connectivity index (χ4v) is 0.972. The van der Waals surface area contributed by atoms with Crippen LogP contribution >= 0.6 is 12.4 Å². The molecule has 1 atom stereocenters. The molecule has 0 radical (unpaired) electrons. The smallest absolute Gasteiger partial charge is 0.0871 e. The zero-order valence-electron chi connectivity index (χ0n) is 6.10. The highest BCUT2D eigenvalue weighted by molar-refractivity contribution is 5.85. The Hall–Kier alpha value is 0.210. The number of ether oxygens (including phenoxy) is 1. The quantitative estimate of drug-likeness (QED) is 0.599. The molecule has 1 aliphatic rings. The zero-order valence-corrected chi connectivity index (χ0v) is 6.92. The SMILES string of the molecule is COC1CNC1(C)C.Cl. The molecule has 1 aliphatic heterocycles. The summed E-state index contributed by atoms with van der Waals surface area (Å²) < 4.78 is 5.14. The summed E-state index contributed by atoms with van der Waals surface area (Å²) in [5, 5.41) is 3.26. The first-order valence-corrected chi connectivity index (χ1v) is 2.94. The van der Waals surface area contributed by atoms with Gasteiger partial charge >= 0.3 is 0 Å². The fourth-order valence-electron chi connectivity index (χ4n) is 0.972. The molecule has 1 N–H and O–H groups in total. The van der Waals surface area contributed by atoms with Gasteiger partial charge in [0.2, 0.25) is 0 Å². The molecule has 0 aromatic carbocycles. The highest BCUT2D eigenvalue weighted by atomic mass is 35.5. The predicted molar refractivity (Wildman–Crippen MR) is 40.1 cm³/mol. The minimum Gasteiger partial charge on any atom is -0.378 e. The van der Waals surface area contributed by atoms with Gasteiger partial charge in [-0.1, -0.05) is 0 Å². The summed E-state index contributed by atoms with van der Waals surface area (Å²) in [6, 6.07) is 0. The number of hydrogen-bond acceptors (Lipinski definition) is 2. The summed E-state index contributed by atoms with van der Waals surface area (Å²) in [5.41, 5.74) is 0.217. The van der Waals surface area contributed by atoms with Crippen LogP contribution in [0.4, 0.5) is 0 Å². The van der Waals surface area contributed by atoms with Crippen molar-refractivity contribution in [2.24, 2.45) is 0 Å². The summed E-state index contributed by atoms with van der Waals surface area (Å²) in [4.78, 5) is 0. The van der Waals surface area contributed by atoms with Gasteiger partial charge in [0.1, 0.15) is 0 Å². The van der Waals surface area contributed by atoms with Crippen LogP contribution in [0.5, 0.6) is 0 Å². The van der Waals surface area contributed by atoms with Crippen LogP contribution < -0.4 is 5.32 Å². The Balaban J connectivity index is 0.000000640. The lowest BCUT2D eigenvalue weighted by Gasteiger charge is -2.44. The number of methoxy groups -OCH3 is 1. The molecule has 3 heteroatoms. The van der Waals surface area contributed by atoms with Crippen LogP contribution in [0.25, 0.3) is 0 Å². The van der Waals surface area contributed by atoms with Crippen LogP contribution in [0.3, 0.4) is 0 Å². The van der Waals surface area contributed by atoms with Gasteiger partial charge in [0.05, 0.1) is 6.10 Å². The summed E-state index contributed by atoms with van der Waals surface area (Å²) in [7, 11) is 1.76. The van der Waals surface area contributed by atoms with Gasteiger partial charge in [-0.2, -0.15) is 0 Å². The molecule has 1 fully saturated rings. The summed E-state index contributed by atoms with van der Waals surface area (Å²) in [6.07, 6.45) is 0.419. The molecular formula is C6H14ClNO. The largest absolute Gasteiger partial charge is 0.378 e. The molecule has 1 saturated heterocycles. The molecule has 0 saturated carbocycles. The van der Waals surface area contributed by atoms with E-state index in [0.29, 0.717) is 6.10 Å². The third-order valence-corrected chi connectivity index (χ3v) is 1.83. The standard InChI is InChI=1S/C6H13NO.ClH/c1-6(2)5(8-3)4-7-6;/h5,7H,4H2,1-3H3;1H. The monoisotopic (exact) mass is 151 g/mol. The third-order valence-electron chi connectivity index (χ3n) is 1.83. The van der Waals surface area contributed by atoms with E-state index in [4.69, 9.17) is 4.74 Å². The minimum absolute atomic E-state index is 0. The number of rotatable bonds is 1. The van der Waals surface area contributed by atoms with Crippen molar-refractivity contribution in [3.05, 3.63) is 0 Å². The van der Waals surface area contributed by atoms with Crippen LogP contribution in [0.2, 0.25) is 0 Å². The second kappa shape index (κ2) is 2.86. The Morgan fingerprint density at radius 1 is 1.56 bits per heavy atom. The summed E-state index contributed by atoms with van der Waals surface area (Å²) in [5.74, 6) is 0. The molecule has 1 heterocycles. The number of halogens is 1. The molecule has 0 spiro atoms. The molecule has 0 aliphatic carbocycles. The lowest BCUT2D eigenvalue weighted by atomic mass is 9.89. The van der Waals surface area contributed by atoms with Gasteiger partial charge in [-0.15, -0.1) is 12.4 Å². The van der Waals surface area contributed by atoms with Crippen molar-refractivity contribution >= 4 is 12.4 Å². The van der Waals surface area contributed by atoms with Gasteiger partial charge in [-0.25, -0.2) is 0 Å². The zero-order chi connectivity index (χ0) is 6.20. The Kier molecular flexibility index (Phi) is 2.93. The summed E-state index contributed by atoms with van der Waals surface area (Å²) in [6.45, 7) is 5.29. The highest BCUT2D eigenvalue weighted by Gasteiger charge is 2.37. The van der Waals surface area contributed by atoms with E-state index in [-0.39, 0.29) is 17.9 Å². The van der Waals surface area contributed by atoms with Crippen molar-refractivity contribution in [1.29, 1.82) is 0 Å². The molecule has 0 bridgehead atoms. The number of nitrogens with one attached hydrogen (secondary N) is 1. The summed E-state index contributed by atoms with van der Waals surface area (Å²) >= 11 is 0. The van der Waals surface area contributed by atoms with Gasteiger partial charge < -0.3 is 10.1 Å². The molecule has 1 rings (SSSR count). The molecule has 0 aromatic rings. The van der Waals surface area contributed by atoms with Gasteiger partial charge in [-0.05, 0) is 13.8 Å². The Labute approximate surface area is 62.4 Å². The third kappa shape index (κ3) is 1.57. The van der Waals surface area contributed by atoms with Crippen molar-refractivity contribution in [2.75, 3.05) is 13.7 Å². The molecule has 9 heavy (non-hydrogen) atoms. The first-order chi connectivity index (χ1) is 3.67. The minimum atomic E-state index is 0. The lowest BCUT2D eigenvalue weighted by Crippen LogP contribution is -2.65. The van der Waals surface area contributed by atoms with Gasteiger partial charge in [-0.3, -0.25) is 0 Å². The van der Waals surface area contributed by atoms with Crippen molar-refractivity contribution in [3.63, 3.8) is 0 Å². The van der Waals surface area contributed by atoms with Gasteiger partial charge in [0.25, 0.3) is 0 Å². The van der Waals surface area contributed by atoms with Crippen LogP contribution in [0.15, 0.2) is 0 Å². The van der Waals surface area contributed by atoms with E-state index in [1.165, 1.54) is 0 Å². The topological polar surface area (TPSA) is 21.3 Å². The Morgan fingerprint density at radius 2 is 2.11 bits per heavy atom. The van der Waals surface area contributed by atoms with E-state index in [9.17, 15) is 0 Å². The molecule has 2 nitrogen and oxygen atoms in total. The fraction of sp³-hybridized carbons (Fsp3) is 1.00. The molecule has 0 amide bonds. The highest BCUT2D eigenvalue weighted by Crippen LogP contribution is 2.19. The van der Waals surface area contributed by atoms with E-state index in [1.54, 1.807) is 7.11 Å². The maximum Gasteiger partial charge on any atom is 0.0871 e. The average Bonchev–Trinajstić information content (AvgIpc) is 1.66. The first-order valence-electron chi connectivity index (χ1n) is 2.94. The predicted octanol–water partition coefficient (Wildman–Crippen LogP) is 0.805. The maximum absolute atomic E-state index is 5.14. The van der Waals surface area contributed by atoms with Crippen molar-refractivity contribution < 1.29 is 4.74 Å². The lowest BCUT2D eigenvalue weighted by molar-refractivity contribution is -0.0270.